The molecule has 0 rings (SSSR count). The largest absolute Gasteiger partial charge is 0.462 e. The maximum Gasteiger partial charge on any atom is 0.306 e. The Labute approximate surface area is 400 Å². The predicted molar refractivity (Wildman–Crippen MR) is 279 cm³/mol. The molecule has 0 fully saturated rings. The third kappa shape index (κ3) is 51.2. The van der Waals surface area contributed by atoms with Crippen molar-refractivity contribution in [2.24, 2.45) is 0 Å². The topological polar surface area (TPSA) is 78.9 Å². The molecule has 6 heteroatoms. The molecular formula is C59H98O6. The number of hydrogen-bond acceptors (Lipinski definition) is 6. The van der Waals surface area contributed by atoms with Crippen molar-refractivity contribution in [1.82, 2.24) is 0 Å². The van der Waals surface area contributed by atoms with Crippen LogP contribution in [0.1, 0.15) is 239 Å². The first-order chi connectivity index (χ1) is 32.0. The molecule has 0 aliphatic carbocycles. The molecule has 0 aromatic rings. The molecule has 0 bridgehead atoms. The number of rotatable bonds is 47. The first kappa shape index (κ1) is 61.3. The van der Waals surface area contributed by atoms with Crippen molar-refractivity contribution < 1.29 is 28.6 Å². The van der Waals surface area contributed by atoms with Gasteiger partial charge in [0, 0.05) is 19.3 Å². The number of esters is 3. The lowest BCUT2D eigenvalue weighted by Gasteiger charge is -2.18. The van der Waals surface area contributed by atoms with Crippen LogP contribution in [0.15, 0.2) is 97.2 Å². The highest BCUT2D eigenvalue weighted by Crippen LogP contribution is 2.13. The van der Waals surface area contributed by atoms with Gasteiger partial charge in [-0.05, 0) is 122 Å². The fraction of sp³-hybridized carbons (Fsp3) is 0.678. The second kappa shape index (κ2) is 52.9. The van der Waals surface area contributed by atoms with E-state index in [9.17, 15) is 14.4 Å². The minimum atomic E-state index is -0.805. The van der Waals surface area contributed by atoms with Crippen molar-refractivity contribution in [1.29, 1.82) is 0 Å². The molecule has 0 aromatic heterocycles. The van der Waals surface area contributed by atoms with Crippen LogP contribution < -0.4 is 0 Å². The highest BCUT2D eigenvalue weighted by atomic mass is 16.6. The zero-order valence-corrected chi connectivity index (χ0v) is 42.2. The molecule has 6 nitrogen and oxygen atoms in total. The second-order valence-corrected chi connectivity index (χ2v) is 17.4. The summed E-state index contributed by atoms with van der Waals surface area (Å²) in [4.78, 5) is 38.0. The monoisotopic (exact) mass is 903 g/mol. The summed E-state index contributed by atoms with van der Waals surface area (Å²) < 4.78 is 16.8. The molecule has 0 N–H and O–H groups in total. The van der Waals surface area contributed by atoms with Crippen LogP contribution >= 0.6 is 0 Å². The molecule has 370 valence electrons. The number of carbonyl (C=O) groups excluding carboxylic acids is 3. The van der Waals surface area contributed by atoms with Gasteiger partial charge in [-0.2, -0.15) is 0 Å². The molecule has 0 aromatic carbocycles. The molecule has 1 atom stereocenters. The van der Waals surface area contributed by atoms with Gasteiger partial charge in [-0.3, -0.25) is 14.4 Å². The fourth-order valence-electron chi connectivity index (χ4n) is 7.02. The van der Waals surface area contributed by atoms with Crippen molar-refractivity contribution in [3.63, 3.8) is 0 Å². The van der Waals surface area contributed by atoms with E-state index in [-0.39, 0.29) is 31.1 Å². The minimum absolute atomic E-state index is 0.103. The van der Waals surface area contributed by atoms with E-state index in [1.165, 1.54) is 77.0 Å². The van der Waals surface area contributed by atoms with Crippen LogP contribution in [0.25, 0.3) is 0 Å². The summed E-state index contributed by atoms with van der Waals surface area (Å²) in [7, 11) is 0. The number of ether oxygens (including phenoxy) is 3. The number of allylic oxidation sites excluding steroid dienone is 16. The molecule has 0 aliphatic heterocycles. The van der Waals surface area contributed by atoms with Crippen LogP contribution in [-0.2, 0) is 28.6 Å². The summed E-state index contributed by atoms with van der Waals surface area (Å²) in [6.07, 6.45) is 69.6. The maximum atomic E-state index is 12.8. The summed E-state index contributed by atoms with van der Waals surface area (Å²) in [6, 6.07) is 0. The van der Waals surface area contributed by atoms with E-state index in [4.69, 9.17) is 14.2 Å². The highest BCUT2D eigenvalue weighted by molar-refractivity contribution is 5.71. The fourth-order valence-corrected chi connectivity index (χ4v) is 7.02. The van der Waals surface area contributed by atoms with Crippen molar-refractivity contribution in [2.75, 3.05) is 13.2 Å². The third-order valence-corrected chi connectivity index (χ3v) is 11.0. The third-order valence-electron chi connectivity index (χ3n) is 11.0. The Morgan fingerprint density at radius 2 is 0.600 bits per heavy atom. The standard InChI is InChI=1S/C59H98O6/c1-4-7-10-13-16-19-22-25-28-29-32-35-38-41-44-47-50-53-59(62)65-56(54-63-57(60)51-48-45-42-39-36-33-30-26-23-20-17-14-11-8-5-2)55-64-58(61)52-49-46-43-40-37-34-31-27-24-21-18-15-12-9-6-3/h8,11,16-21,25-28,30-31,37,40,56H,4-7,9-10,12-15,22-24,29,32-36,38-39,41-55H2,1-3H3/b11-8-,19-16-,20-17-,21-18-,28-25-,30-26-,31-27-,40-37-/t56-/m1/s1. The lowest BCUT2D eigenvalue weighted by atomic mass is 10.1. The van der Waals surface area contributed by atoms with Crippen LogP contribution in [0.2, 0.25) is 0 Å². The Kier molecular flexibility index (Phi) is 50.0. The van der Waals surface area contributed by atoms with Crippen LogP contribution in [0.3, 0.4) is 0 Å². The van der Waals surface area contributed by atoms with E-state index in [1.807, 2.05) is 0 Å². The first-order valence-electron chi connectivity index (χ1n) is 26.7. The van der Waals surface area contributed by atoms with Gasteiger partial charge in [0.2, 0.25) is 0 Å². The molecule has 0 amide bonds. The zero-order valence-electron chi connectivity index (χ0n) is 42.2. The molecular weight excluding hydrogens is 805 g/mol. The minimum Gasteiger partial charge on any atom is -0.462 e. The summed E-state index contributed by atoms with van der Waals surface area (Å²) in [5.41, 5.74) is 0. The van der Waals surface area contributed by atoms with Gasteiger partial charge in [0.25, 0.3) is 0 Å². The molecule has 0 saturated heterocycles. The van der Waals surface area contributed by atoms with Gasteiger partial charge in [-0.1, -0.05) is 195 Å². The first-order valence-corrected chi connectivity index (χ1v) is 26.7. The van der Waals surface area contributed by atoms with Crippen molar-refractivity contribution in [3.05, 3.63) is 97.2 Å². The number of unbranched alkanes of at least 4 members (excludes halogenated alkanes) is 20. The van der Waals surface area contributed by atoms with E-state index >= 15 is 0 Å². The van der Waals surface area contributed by atoms with Gasteiger partial charge in [0.15, 0.2) is 6.10 Å². The molecule has 65 heavy (non-hydrogen) atoms. The van der Waals surface area contributed by atoms with Gasteiger partial charge >= 0.3 is 17.9 Å². The van der Waals surface area contributed by atoms with Crippen molar-refractivity contribution >= 4 is 17.9 Å². The van der Waals surface area contributed by atoms with Crippen LogP contribution in [0, 0.1) is 0 Å². The maximum absolute atomic E-state index is 12.8. The summed E-state index contributed by atoms with van der Waals surface area (Å²) in [6.45, 7) is 6.41. The zero-order chi connectivity index (χ0) is 47.2. The van der Waals surface area contributed by atoms with E-state index in [2.05, 4.69) is 118 Å². The number of carbonyl (C=O) groups is 3. The SMILES string of the molecule is CC/C=C\C/C=C\C/C=C\CCCCCCCC(=O)OC[C@H](COC(=O)CCCC/C=C\C/C=C\C/C=C\CCCCC)OC(=O)CCCCCCCCC/C=C\C/C=C\CCCCC. The normalized spacial score (nSPS) is 12.8. The average molecular weight is 903 g/mol. The Balaban J connectivity index is 4.50. The van der Waals surface area contributed by atoms with Gasteiger partial charge in [0.05, 0.1) is 0 Å². The smallest absolute Gasteiger partial charge is 0.306 e. The lowest BCUT2D eigenvalue weighted by molar-refractivity contribution is -0.167. The average Bonchev–Trinajstić information content (AvgIpc) is 3.30. The Hall–Kier alpha value is -3.67. The Morgan fingerprint density at radius 1 is 0.323 bits per heavy atom. The van der Waals surface area contributed by atoms with Crippen molar-refractivity contribution in [2.45, 2.75) is 245 Å². The Morgan fingerprint density at radius 3 is 0.969 bits per heavy atom. The van der Waals surface area contributed by atoms with Crippen molar-refractivity contribution in [3.8, 4) is 0 Å². The van der Waals surface area contributed by atoms with E-state index in [0.717, 1.165) is 122 Å². The molecule has 0 saturated carbocycles. The van der Waals surface area contributed by atoms with E-state index < -0.39 is 6.10 Å². The highest BCUT2D eigenvalue weighted by Gasteiger charge is 2.19. The van der Waals surface area contributed by atoms with Gasteiger partial charge in [-0.15, -0.1) is 0 Å². The predicted octanol–water partition coefficient (Wildman–Crippen LogP) is 17.8. The summed E-state index contributed by atoms with van der Waals surface area (Å²) >= 11 is 0. The van der Waals surface area contributed by atoms with Gasteiger partial charge < -0.3 is 14.2 Å². The lowest BCUT2D eigenvalue weighted by Crippen LogP contribution is -2.30. The number of hydrogen-bond donors (Lipinski definition) is 0. The summed E-state index contributed by atoms with van der Waals surface area (Å²) in [5, 5.41) is 0. The van der Waals surface area contributed by atoms with Gasteiger partial charge in [0.1, 0.15) is 13.2 Å². The molecule has 0 radical (unpaired) electrons. The summed E-state index contributed by atoms with van der Waals surface area (Å²) in [5.74, 6) is -0.967. The van der Waals surface area contributed by atoms with Crippen LogP contribution in [0.4, 0.5) is 0 Å². The molecule has 0 aliphatic rings. The van der Waals surface area contributed by atoms with Crippen LogP contribution in [-0.4, -0.2) is 37.2 Å². The Bertz CT molecular complexity index is 1310. The van der Waals surface area contributed by atoms with E-state index in [0.29, 0.717) is 19.3 Å². The quantitative estimate of drug-likeness (QED) is 0.0262. The van der Waals surface area contributed by atoms with Crippen LogP contribution in [0.5, 0.6) is 0 Å². The van der Waals surface area contributed by atoms with E-state index in [1.54, 1.807) is 0 Å². The molecule has 0 heterocycles. The molecule has 0 spiro atoms. The van der Waals surface area contributed by atoms with Gasteiger partial charge in [-0.25, -0.2) is 0 Å². The second-order valence-electron chi connectivity index (χ2n) is 17.4. The molecule has 0 unspecified atom stereocenters.